The summed E-state index contributed by atoms with van der Waals surface area (Å²) in [7, 11) is 0. The summed E-state index contributed by atoms with van der Waals surface area (Å²) in [5, 5.41) is 8.63. The van der Waals surface area contributed by atoms with Crippen LogP contribution in [0.5, 0.6) is 0 Å². The summed E-state index contributed by atoms with van der Waals surface area (Å²) in [6.45, 7) is 5.23. The first kappa shape index (κ1) is 14.6. The molecule has 0 atom stereocenters. The van der Waals surface area contributed by atoms with Gasteiger partial charge in [-0.25, -0.2) is 9.98 Å². The van der Waals surface area contributed by atoms with E-state index in [1.54, 1.807) is 11.3 Å². The Bertz CT molecular complexity index is 696. The van der Waals surface area contributed by atoms with Crippen LogP contribution in [0.1, 0.15) is 12.6 Å². The van der Waals surface area contributed by atoms with E-state index in [9.17, 15) is 0 Å². The molecule has 0 aliphatic carbocycles. The zero-order chi connectivity index (χ0) is 15.2. The molecule has 3 rings (SSSR count). The molecule has 22 heavy (non-hydrogen) atoms. The normalized spacial score (nSPS) is 12.0. The van der Waals surface area contributed by atoms with Crippen molar-refractivity contribution < 1.29 is 0 Å². The average Bonchev–Trinajstić information content (AvgIpc) is 3.21. The van der Waals surface area contributed by atoms with Gasteiger partial charge in [0.25, 0.3) is 0 Å². The number of guanidine groups is 1. The first-order chi connectivity index (χ1) is 10.8. The van der Waals surface area contributed by atoms with Crippen LogP contribution in [-0.2, 0) is 13.1 Å². The lowest BCUT2D eigenvalue weighted by molar-refractivity contribution is 0.665. The third-order valence-electron chi connectivity index (χ3n) is 3.22. The van der Waals surface area contributed by atoms with E-state index in [4.69, 9.17) is 0 Å². The quantitative estimate of drug-likeness (QED) is 0.540. The highest BCUT2D eigenvalue weighted by Gasteiger charge is 2.02. The van der Waals surface area contributed by atoms with Crippen LogP contribution in [0.15, 0.2) is 47.3 Å². The second-order valence-corrected chi connectivity index (χ2v) is 5.74. The molecule has 0 spiro atoms. The maximum Gasteiger partial charge on any atom is 0.193 e. The van der Waals surface area contributed by atoms with Crippen molar-refractivity contribution in [3.8, 4) is 0 Å². The molecule has 0 unspecified atom stereocenters. The van der Waals surface area contributed by atoms with Gasteiger partial charge in [0.2, 0.25) is 0 Å². The zero-order valence-electron chi connectivity index (χ0n) is 12.6. The summed E-state index contributed by atoms with van der Waals surface area (Å²) in [6.07, 6.45) is 8.16. The summed E-state index contributed by atoms with van der Waals surface area (Å²) in [4.78, 5) is 10.1. The fraction of sp³-hybridized carbons (Fsp3) is 0.333. The van der Waals surface area contributed by atoms with Crippen LogP contribution in [0.4, 0.5) is 0 Å². The van der Waals surface area contributed by atoms with E-state index in [1.165, 1.54) is 0 Å². The number of nitrogens with zero attached hydrogens (tertiary/aromatic N) is 4. The van der Waals surface area contributed by atoms with E-state index in [1.807, 2.05) is 34.3 Å². The van der Waals surface area contributed by atoms with E-state index in [2.05, 4.69) is 44.5 Å². The van der Waals surface area contributed by atoms with E-state index in [0.29, 0.717) is 6.54 Å². The topological polar surface area (TPSA) is 58.6 Å². The molecule has 0 aliphatic rings. The van der Waals surface area contributed by atoms with Crippen LogP contribution in [0.3, 0.4) is 0 Å². The van der Waals surface area contributed by atoms with Crippen LogP contribution >= 0.6 is 11.3 Å². The lowest BCUT2D eigenvalue weighted by Crippen LogP contribution is -2.38. The first-order valence-electron chi connectivity index (χ1n) is 7.39. The molecular formula is C15H20N6S. The molecule has 0 bridgehead atoms. The first-order valence-corrected chi connectivity index (χ1v) is 8.27. The zero-order valence-corrected chi connectivity index (χ0v) is 13.4. The number of fused-ring (bicyclic) bond motifs is 1. The summed E-state index contributed by atoms with van der Waals surface area (Å²) < 4.78 is 4.17. The van der Waals surface area contributed by atoms with Gasteiger partial charge in [0.1, 0.15) is 0 Å². The van der Waals surface area contributed by atoms with E-state index >= 15 is 0 Å². The molecule has 7 heteroatoms. The average molecular weight is 316 g/mol. The highest BCUT2D eigenvalue weighted by Crippen LogP contribution is 2.11. The van der Waals surface area contributed by atoms with Crippen molar-refractivity contribution in [1.82, 2.24) is 24.6 Å². The van der Waals surface area contributed by atoms with Gasteiger partial charge in [-0.1, -0.05) is 0 Å². The number of thiazole rings is 1. The predicted molar refractivity (Wildman–Crippen MR) is 90.3 cm³/mol. The van der Waals surface area contributed by atoms with Gasteiger partial charge >= 0.3 is 0 Å². The van der Waals surface area contributed by atoms with E-state index in [-0.39, 0.29) is 0 Å². The summed E-state index contributed by atoms with van der Waals surface area (Å²) in [6, 6.07) is 4.06. The molecule has 3 heterocycles. The number of hydrogen-bond acceptors (Lipinski definition) is 3. The molecule has 0 radical (unpaired) electrons. The van der Waals surface area contributed by atoms with Gasteiger partial charge in [-0.2, -0.15) is 0 Å². The molecule has 0 aliphatic heterocycles. The molecule has 116 valence electrons. The summed E-state index contributed by atoms with van der Waals surface area (Å²) >= 11 is 1.63. The molecule has 6 nitrogen and oxygen atoms in total. The van der Waals surface area contributed by atoms with Gasteiger partial charge in [0.15, 0.2) is 10.9 Å². The Morgan fingerprint density at radius 3 is 2.91 bits per heavy atom. The molecule has 3 aromatic rings. The summed E-state index contributed by atoms with van der Waals surface area (Å²) in [5.74, 6) is 0.825. The summed E-state index contributed by atoms with van der Waals surface area (Å²) in [5.41, 5.74) is 0.981. The second kappa shape index (κ2) is 7.13. The Hall–Kier alpha value is -2.28. The minimum absolute atomic E-state index is 0.577. The lowest BCUT2D eigenvalue weighted by atomic mass is 10.5. The van der Waals surface area contributed by atoms with E-state index < -0.39 is 0 Å². The fourth-order valence-corrected chi connectivity index (χ4v) is 2.90. The monoisotopic (exact) mass is 316 g/mol. The molecule has 0 fully saturated rings. The van der Waals surface area contributed by atoms with Crippen LogP contribution < -0.4 is 10.6 Å². The van der Waals surface area contributed by atoms with Crippen LogP contribution in [0.25, 0.3) is 4.96 Å². The highest BCUT2D eigenvalue weighted by molar-refractivity contribution is 7.15. The predicted octanol–water partition coefficient (Wildman–Crippen LogP) is 1.95. The SMILES string of the molecule is CCNC(=NCc1cn2ccsc2n1)NCCn1cccc1. The Morgan fingerprint density at radius 2 is 2.14 bits per heavy atom. The van der Waals surface area contributed by atoms with Gasteiger partial charge in [-0.3, -0.25) is 4.40 Å². The van der Waals surface area contributed by atoms with Gasteiger partial charge in [0, 0.05) is 49.8 Å². The number of hydrogen-bond donors (Lipinski definition) is 2. The van der Waals surface area contributed by atoms with Gasteiger partial charge in [-0.15, -0.1) is 11.3 Å². The smallest absolute Gasteiger partial charge is 0.193 e. The van der Waals surface area contributed by atoms with Crippen molar-refractivity contribution in [3.63, 3.8) is 0 Å². The van der Waals surface area contributed by atoms with Gasteiger partial charge in [0.05, 0.1) is 12.2 Å². The fourth-order valence-electron chi connectivity index (χ4n) is 2.18. The van der Waals surface area contributed by atoms with Crippen molar-refractivity contribution in [1.29, 1.82) is 0 Å². The van der Waals surface area contributed by atoms with Crippen molar-refractivity contribution in [2.75, 3.05) is 13.1 Å². The minimum atomic E-state index is 0.577. The third kappa shape index (κ3) is 3.67. The van der Waals surface area contributed by atoms with Crippen LogP contribution in [-0.4, -0.2) is 33.0 Å². The minimum Gasteiger partial charge on any atom is -0.357 e. The van der Waals surface area contributed by atoms with Crippen molar-refractivity contribution in [3.05, 3.63) is 48.0 Å². The van der Waals surface area contributed by atoms with Crippen LogP contribution in [0, 0.1) is 0 Å². The van der Waals surface area contributed by atoms with Crippen LogP contribution in [0.2, 0.25) is 0 Å². The van der Waals surface area contributed by atoms with Crippen molar-refractivity contribution in [2.45, 2.75) is 20.0 Å². The van der Waals surface area contributed by atoms with E-state index in [0.717, 1.165) is 36.2 Å². The Labute approximate surface area is 133 Å². The standard InChI is InChI=1S/C15H20N6S/c1-2-16-14(17-5-8-20-6-3-4-7-20)18-11-13-12-21-9-10-22-15(21)19-13/h3-4,6-7,9-10,12H,2,5,8,11H2,1H3,(H2,16,17,18). The molecule has 0 amide bonds. The maximum absolute atomic E-state index is 4.59. The molecule has 0 saturated heterocycles. The number of rotatable bonds is 6. The maximum atomic E-state index is 4.59. The third-order valence-corrected chi connectivity index (χ3v) is 3.99. The Kier molecular flexibility index (Phi) is 4.75. The van der Waals surface area contributed by atoms with Crippen molar-refractivity contribution in [2.24, 2.45) is 4.99 Å². The molecule has 0 aromatic carbocycles. The number of aromatic nitrogens is 3. The molecule has 0 saturated carbocycles. The highest BCUT2D eigenvalue weighted by atomic mass is 32.1. The molecule has 2 N–H and O–H groups in total. The number of nitrogens with one attached hydrogen (secondary N) is 2. The molecular weight excluding hydrogens is 296 g/mol. The number of imidazole rings is 1. The number of aliphatic imine (C=N–C) groups is 1. The van der Waals surface area contributed by atoms with Gasteiger partial charge < -0.3 is 15.2 Å². The molecule has 3 aromatic heterocycles. The Balaban J connectivity index is 1.55. The lowest BCUT2D eigenvalue weighted by Gasteiger charge is -2.11. The van der Waals surface area contributed by atoms with Gasteiger partial charge in [-0.05, 0) is 19.1 Å². The van der Waals surface area contributed by atoms with Crippen molar-refractivity contribution >= 4 is 22.3 Å². The second-order valence-electron chi connectivity index (χ2n) is 4.87. The Morgan fingerprint density at radius 1 is 1.27 bits per heavy atom. The largest absolute Gasteiger partial charge is 0.357 e.